The van der Waals surface area contributed by atoms with E-state index in [-0.39, 0.29) is 39.5 Å². The molecule has 1 fully saturated rings. The molecule has 16 nitrogen and oxygen atoms in total. The number of nitrogens with zero attached hydrogens (tertiary/aromatic N) is 7. The first-order valence-corrected chi connectivity index (χ1v) is 13.7. The molecule has 5 rings (SSSR count). The van der Waals surface area contributed by atoms with Crippen molar-refractivity contribution in [3.8, 4) is 0 Å². The first-order valence-electron chi connectivity index (χ1n) is 10.8. The maximum Gasteiger partial charge on any atom is 0.375 e. The second-order valence-corrected chi connectivity index (χ2v) is 10.8. The van der Waals surface area contributed by atoms with Crippen LogP contribution in [0.2, 0.25) is 0 Å². The molecule has 0 saturated carbocycles. The minimum absolute atomic E-state index is 0.0798. The van der Waals surface area contributed by atoms with Crippen molar-refractivity contribution in [2.24, 2.45) is 5.16 Å². The van der Waals surface area contributed by atoms with E-state index in [9.17, 15) is 24.3 Å². The van der Waals surface area contributed by atoms with Crippen molar-refractivity contribution in [3.63, 3.8) is 0 Å². The van der Waals surface area contributed by atoms with Crippen LogP contribution < -0.4 is 11.1 Å². The van der Waals surface area contributed by atoms with Gasteiger partial charge in [-0.05, 0) is 11.6 Å². The number of carboxylic acids is 2. The number of hydrogen-bond donors (Lipinski definition) is 4. The van der Waals surface area contributed by atoms with Crippen LogP contribution >= 0.6 is 34.9 Å². The van der Waals surface area contributed by atoms with Crippen LogP contribution in [0.3, 0.4) is 0 Å². The highest BCUT2D eigenvalue weighted by molar-refractivity contribution is 8.01. The van der Waals surface area contributed by atoms with Crippen molar-refractivity contribution < 1.29 is 34.2 Å². The maximum atomic E-state index is 13.0. The van der Waals surface area contributed by atoms with Crippen molar-refractivity contribution in [3.05, 3.63) is 40.4 Å². The number of β-lactam (4-membered cyclic amide) rings is 1. The summed E-state index contributed by atoms with van der Waals surface area (Å²) in [6.45, 7) is 0. The Balaban J connectivity index is 1.33. The molecule has 2 amide bonds. The van der Waals surface area contributed by atoms with Crippen LogP contribution in [0.25, 0.3) is 5.78 Å². The first-order chi connectivity index (χ1) is 18.7. The molecule has 2 aliphatic rings. The van der Waals surface area contributed by atoms with Gasteiger partial charge in [0.2, 0.25) is 0 Å². The van der Waals surface area contributed by atoms with E-state index < -0.39 is 41.0 Å². The van der Waals surface area contributed by atoms with Crippen molar-refractivity contribution >= 4 is 75.2 Å². The number of fused-ring (bicyclic) bond motifs is 2. The molecule has 2 atom stereocenters. The highest BCUT2D eigenvalue weighted by Crippen LogP contribution is 2.41. The number of rotatable bonds is 9. The fraction of sp³-hybridized carbons (Fsp3) is 0.250. The van der Waals surface area contributed by atoms with Crippen molar-refractivity contribution in [2.45, 2.75) is 16.4 Å². The third-order valence-corrected chi connectivity index (χ3v) is 8.60. The van der Waals surface area contributed by atoms with Gasteiger partial charge in [0, 0.05) is 23.1 Å². The van der Waals surface area contributed by atoms with Gasteiger partial charge in [-0.15, -0.1) is 40.0 Å². The van der Waals surface area contributed by atoms with E-state index in [2.05, 4.69) is 30.5 Å². The van der Waals surface area contributed by atoms with Crippen LogP contribution in [0, 0.1) is 0 Å². The van der Waals surface area contributed by atoms with Gasteiger partial charge in [-0.1, -0.05) is 5.16 Å². The van der Waals surface area contributed by atoms with Crippen LogP contribution in [-0.2, 0) is 19.2 Å². The normalized spacial score (nSPS) is 19.1. The molecular formula is C20H17N9O7S3. The summed E-state index contributed by atoms with van der Waals surface area (Å²) in [5, 5.41) is 30.9. The SMILES string of the molecule is CO/N=C(/C(=O)N[C@@H]1C(=O)N2C(C(=O)O)=C(CSc3ccnc4nc(C(=O)O)nn34)CS[C@H]12)c1csc(N)n1. The van der Waals surface area contributed by atoms with Crippen LogP contribution in [0.4, 0.5) is 5.13 Å². The van der Waals surface area contributed by atoms with Crippen LogP contribution in [-0.4, -0.2) is 99.2 Å². The summed E-state index contributed by atoms with van der Waals surface area (Å²) < 4.78 is 1.25. The molecule has 0 bridgehead atoms. The van der Waals surface area contributed by atoms with E-state index in [1.54, 1.807) is 6.07 Å². The first kappa shape index (κ1) is 26.4. The van der Waals surface area contributed by atoms with Gasteiger partial charge in [-0.3, -0.25) is 14.5 Å². The molecule has 5 N–H and O–H groups in total. The zero-order chi connectivity index (χ0) is 27.8. The lowest BCUT2D eigenvalue weighted by Gasteiger charge is -2.49. The number of nitrogen functional groups attached to an aromatic ring is 1. The number of carbonyl (C=O) groups is 4. The number of amides is 2. The Bertz CT molecular complexity index is 1580. The fourth-order valence-electron chi connectivity index (χ4n) is 3.83. The average Bonchev–Trinajstić information content (AvgIpc) is 3.55. The molecular weight excluding hydrogens is 574 g/mol. The van der Waals surface area contributed by atoms with E-state index >= 15 is 0 Å². The van der Waals surface area contributed by atoms with Crippen LogP contribution in [0.5, 0.6) is 0 Å². The summed E-state index contributed by atoms with van der Waals surface area (Å²) in [6, 6.07) is 0.598. The second-order valence-electron chi connectivity index (χ2n) is 7.84. The number of aliphatic carboxylic acids is 1. The highest BCUT2D eigenvalue weighted by Gasteiger charge is 2.54. The molecule has 202 valence electrons. The Morgan fingerprint density at radius 1 is 1.31 bits per heavy atom. The van der Waals surface area contributed by atoms with Gasteiger partial charge >= 0.3 is 11.9 Å². The van der Waals surface area contributed by atoms with Crippen molar-refractivity contribution in [1.82, 2.24) is 34.8 Å². The lowest BCUT2D eigenvalue weighted by Crippen LogP contribution is -2.71. The number of oxime groups is 1. The molecule has 0 aliphatic carbocycles. The van der Waals surface area contributed by atoms with Crippen molar-refractivity contribution in [1.29, 1.82) is 0 Å². The largest absolute Gasteiger partial charge is 0.477 e. The smallest absolute Gasteiger partial charge is 0.375 e. The van der Waals surface area contributed by atoms with Crippen molar-refractivity contribution in [2.75, 3.05) is 24.3 Å². The molecule has 3 aromatic heterocycles. The van der Waals surface area contributed by atoms with Crippen LogP contribution in [0.15, 0.2) is 39.1 Å². The zero-order valence-electron chi connectivity index (χ0n) is 19.7. The highest BCUT2D eigenvalue weighted by atomic mass is 32.2. The van der Waals surface area contributed by atoms with E-state index in [1.807, 2.05) is 0 Å². The standard InChI is InChI=1S/C20H17N9O7S3/c1-36-27-10(8-6-39-19(21)23-8)14(30)24-11-15(31)28-12(17(32)33)7(5-38-16(11)28)4-37-9-2-3-22-20-25-13(18(34)35)26-29(9)20/h2-3,6,11,16H,4-5H2,1H3,(H2,21,23)(H,24,30)(H,32,33)(H,34,35)/b27-10+/t11-,16-/m1/s1. The molecule has 39 heavy (non-hydrogen) atoms. The molecule has 0 aromatic carbocycles. The molecule has 5 heterocycles. The lowest BCUT2D eigenvalue weighted by atomic mass is 10.0. The Kier molecular flexibility index (Phi) is 7.10. The Labute approximate surface area is 230 Å². The van der Waals surface area contributed by atoms with Gasteiger partial charge in [0.15, 0.2) is 10.8 Å². The van der Waals surface area contributed by atoms with Gasteiger partial charge in [0.05, 0.1) is 0 Å². The maximum absolute atomic E-state index is 13.0. The molecule has 2 aliphatic heterocycles. The summed E-state index contributed by atoms with van der Waals surface area (Å²) in [7, 11) is 1.25. The molecule has 0 spiro atoms. The van der Waals surface area contributed by atoms with Gasteiger partial charge in [0.25, 0.3) is 23.4 Å². The van der Waals surface area contributed by atoms with E-state index in [4.69, 9.17) is 15.7 Å². The van der Waals surface area contributed by atoms with Crippen LogP contribution in [0.1, 0.15) is 16.3 Å². The van der Waals surface area contributed by atoms with Gasteiger partial charge in [0.1, 0.15) is 34.9 Å². The molecule has 0 unspecified atom stereocenters. The lowest BCUT2D eigenvalue weighted by molar-refractivity contribution is -0.150. The molecule has 1 saturated heterocycles. The summed E-state index contributed by atoms with van der Waals surface area (Å²) in [6.07, 6.45) is 1.43. The second kappa shape index (κ2) is 10.5. The third kappa shape index (κ3) is 4.86. The number of nitrogens with two attached hydrogens (primary N) is 1. The number of hydrogen-bond acceptors (Lipinski definition) is 14. The van der Waals surface area contributed by atoms with E-state index in [0.717, 1.165) is 16.2 Å². The number of thiazole rings is 1. The molecule has 0 radical (unpaired) electrons. The number of carboxylic acid groups (broad SMARTS) is 2. The number of aromatic carboxylic acids is 1. The average molecular weight is 592 g/mol. The summed E-state index contributed by atoms with van der Waals surface area (Å²) in [4.78, 5) is 67.1. The third-order valence-electron chi connectivity index (χ3n) is 5.49. The zero-order valence-corrected chi connectivity index (χ0v) is 22.1. The minimum atomic E-state index is -1.31. The monoisotopic (exact) mass is 591 g/mol. The van der Waals surface area contributed by atoms with E-state index in [1.165, 1.54) is 46.7 Å². The summed E-state index contributed by atoms with van der Waals surface area (Å²) >= 11 is 3.59. The fourth-order valence-corrected chi connectivity index (χ4v) is 6.82. The van der Waals surface area contributed by atoms with E-state index in [0.29, 0.717) is 10.6 Å². The summed E-state index contributed by atoms with van der Waals surface area (Å²) in [5.74, 6) is -3.83. The number of carbonyl (C=O) groups excluding carboxylic acids is 2. The Morgan fingerprint density at radius 3 is 2.77 bits per heavy atom. The Hall–Kier alpha value is -4.23. The van der Waals surface area contributed by atoms with Gasteiger partial charge < -0.3 is 26.1 Å². The molecule has 19 heteroatoms. The number of anilines is 1. The number of aromatic nitrogens is 5. The van der Waals surface area contributed by atoms with Gasteiger partial charge in [-0.2, -0.15) is 9.50 Å². The summed E-state index contributed by atoms with van der Waals surface area (Å²) in [5.41, 5.74) is 5.94. The number of nitrogens with one attached hydrogen (secondary N) is 1. The van der Waals surface area contributed by atoms with Gasteiger partial charge in [-0.25, -0.2) is 19.6 Å². The minimum Gasteiger partial charge on any atom is -0.477 e. The predicted molar refractivity (Wildman–Crippen MR) is 138 cm³/mol. The quantitative estimate of drug-likeness (QED) is 0.0827. The number of thioether (sulfide) groups is 2. The molecule has 3 aromatic rings. The predicted octanol–water partition coefficient (Wildman–Crippen LogP) is -0.257. The Morgan fingerprint density at radius 2 is 2.10 bits per heavy atom. The topological polar surface area (TPSA) is 228 Å².